The third-order valence-corrected chi connectivity index (χ3v) is 6.41. The predicted octanol–water partition coefficient (Wildman–Crippen LogP) is 4.58. The van der Waals surface area contributed by atoms with E-state index in [1.165, 1.54) is 25.7 Å². The number of hydrogen-bond donors (Lipinski definition) is 1. The van der Waals surface area contributed by atoms with Crippen molar-refractivity contribution >= 4 is 23.4 Å². The zero-order valence-corrected chi connectivity index (χ0v) is 16.9. The normalized spacial score (nSPS) is 14.1. The number of carbonyl (C=O) groups is 1. The molecule has 1 aromatic carbocycles. The highest BCUT2D eigenvalue weighted by Crippen LogP contribution is 2.35. The van der Waals surface area contributed by atoms with Crippen LogP contribution in [0, 0.1) is 0 Å². The fourth-order valence-corrected chi connectivity index (χ4v) is 4.80. The number of rotatable bonds is 6. The van der Waals surface area contributed by atoms with Crippen molar-refractivity contribution in [1.29, 1.82) is 0 Å². The van der Waals surface area contributed by atoms with Gasteiger partial charge < -0.3 is 9.88 Å². The molecule has 1 fully saturated rings. The van der Waals surface area contributed by atoms with E-state index in [1.807, 2.05) is 36.4 Å². The molecule has 29 heavy (non-hydrogen) atoms. The van der Waals surface area contributed by atoms with Gasteiger partial charge in [0, 0.05) is 29.4 Å². The summed E-state index contributed by atoms with van der Waals surface area (Å²) in [6, 6.07) is 16.3. The highest BCUT2D eigenvalue weighted by Gasteiger charge is 2.20. The Hall–Kier alpha value is -2.86. The molecular formula is C23H23N3O2S. The van der Waals surface area contributed by atoms with E-state index >= 15 is 0 Å². The predicted molar refractivity (Wildman–Crippen MR) is 117 cm³/mol. The van der Waals surface area contributed by atoms with Gasteiger partial charge in [0.2, 0.25) is 0 Å². The zero-order chi connectivity index (χ0) is 20.1. The molecule has 6 heteroatoms. The van der Waals surface area contributed by atoms with Crippen LogP contribution in [-0.2, 0) is 6.54 Å². The molecule has 2 heterocycles. The lowest BCUT2D eigenvalue weighted by molar-refractivity contribution is 0.102. The first-order chi connectivity index (χ1) is 14.2. The van der Waals surface area contributed by atoms with Crippen molar-refractivity contribution in [3.63, 3.8) is 0 Å². The molecule has 1 saturated carbocycles. The summed E-state index contributed by atoms with van der Waals surface area (Å²) in [4.78, 5) is 29.1. The number of hydrogen-bond acceptors (Lipinski definition) is 4. The van der Waals surface area contributed by atoms with Crippen LogP contribution >= 0.6 is 11.8 Å². The Balaban J connectivity index is 1.43. The Morgan fingerprint density at radius 3 is 2.62 bits per heavy atom. The van der Waals surface area contributed by atoms with Crippen molar-refractivity contribution in [2.45, 2.75) is 42.5 Å². The van der Waals surface area contributed by atoms with E-state index in [2.05, 4.69) is 10.3 Å². The number of amides is 1. The van der Waals surface area contributed by atoms with Gasteiger partial charge in [-0.15, -0.1) is 11.8 Å². The van der Waals surface area contributed by atoms with Crippen LogP contribution in [0.3, 0.4) is 0 Å². The number of aromatic nitrogens is 2. The molecule has 5 nitrogen and oxygen atoms in total. The van der Waals surface area contributed by atoms with Crippen LogP contribution in [0.25, 0.3) is 0 Å². The molecule has 2 aromatic heterocycles. The molecule has 3 aromatic rings. The quantitative estimate of drug-likeness (QED) is 0.652. The van der Waals surface area contributed by atoms with Crippen molar-refractivity contribution in [2.75, 3.05) is 5.32 Å². The van der Waals surface area contributed by atoms with Crippen LogP contribution in [0.15, 0.2) is 76.8 Å². The van der Waals surface area contributed by atoms with Crippen molar-refractivity contribution in [3.05, 3.63) is 88.5 Å². The molecule has 0 unspecified atom stereocenters. The lowest BCUT2D eigenvalue weighted by atomic mass is 10.2. The van der Waals surface area contributed by atoms with Crippen LogP contribution < -0.4 is 10.9 Å². The Kier molecular flexibility index (Phi) is 6.10. The first kappa shape index (κ1) is 19.5. The molecule has 1 aliphatic carbocycles. The van der Waals surface area contributed by atoms with E-state index < -0.39 is 0 Å². The van der Waals surface area contributed by atoms with Gasteiger partial charge in [0.1, 0.15) is 5.03 Å². The molecule has 4 rings (SSSR count). The van der Waals surface area contributed by atoms with Crippen LogP contribution in [0.2, 0.25) is 0 Å². The third kappa shape index (κ3) is 4.95. The highest BCUT2D eigenvalue weighted by molar-refractivity contribution is 7.99. The standard InChI is InChI=1S/C23H23N3O2S/c27-21-9-3-4-15-26(21)16-17-10-12-18(13-11-17)25-22(28)20-8-5-14-24-23(20)29-19-6-1-2-7-19/h3-5,8-15,19H,1-2,6-7,16H2,(H,25,28). The van der Waals surface area contributed by atoms with Gasteiger partial charge in [-0.3, -0.25) is 9.59 Å². The number of nitrogens with one attached hydrogen (secondary N) is 1. The van der Waals surface area contributed by atoms with Crippen molar-refractivity contribution < 1.29 is 4.79 Å². The summed E-state index contributed by atoms with van der Waals surface area (Å²) in [5, 5.41) is 4.32. The smallest absolute Gasteiger partial charge is 0.258 e. The number of carbonyl (C=O) groups excluding carboxylic acids is 1. The SMILES string of the molecule is O=C(Nc1ccc(Cn2ccccc2=O)cc1)c1cccnc1SC1CCCC1. The second kappa shape index (κ2) is 9.09. The molecule has 0 saturated heterocycles. The molecule has 1 aliphatic rings. The fraction of sp³-hybridized carbons (Fsp3) is 0.261. The van der Waals surface area contributed by atoms with Crippen LogP contribution in [-0.4, -0.2) is 20.7 Å². The maximum Gasteiger partial charge on any atom is 0.258 e. The molecule has 0 bridgehead atoms. The summed E-state index contributed by atoms with van der Waals surface area (Å²) in [6.45, 7) is 0.499. The van der Waals surface area contributed by atoms with Crippen LogP contribution in [0.4, 0.5) is 5.69 Å². The van der Waals surface area contributed by atoms with E-state index in [1.54, 1.807) is 46.9 Å². The second-order valence-electron chi connectivity index (χ2n) is 7.20. The second-order valence-corrected chi connectivity index (χ2v) is 8.49. The summed E-state index contributed by atoms with van der Waals surface area (Å²) < 4.78 is 1.65. The largest absolute Gasteiger partial charge is 0.322 e. The average molecular weight is 406 g/mol. The van der Waals surface area contributed by atoms with E-state index in [4.69, 9.17) is 0 Å². The summed E-state index contributed by atoms with van der Waals surface area (Å²) in [5.74, 6) is -0.148. The van der Waals surface area contributed by atoms with Crippen molar-refractivity contribution in [1.82, 2.24) is 9.55 Å². The minimum atomic E-state index is -0.148. The summed E-state index contributed by atoms with van der Waals surface area (Å²) in [6.07, 6.45) is 8.40. The fourth-order valence-electron chi connectivity index (χ4n) is 3.50. The van der Waals surface area contributed by atoms with Crippen LogP contribution in [0.5, 0.6) is 0 Å². The average Bonchev–Trinajstić information content (AvgIpc) is 3.24. The Morgan fingerprint density at radius 2 is 1.86 bits per heavy atom. The van der Waals surface area contributed by atoms with E-state index in [9.17, 15) is 9.59 Å². The lowest BCUT2D eigenvalue weighted by Crippen LogP contribution is -2.18. The van der Waals surface area contributed by atoms with E-state index in [0.29, 0.717) is 17.4 Å². The highest BCUT2D eigenvalue weighted by atomic mass is 32.2. The number of benzene rings is 1. The zero-order valence-electron chi connectivity index (χ0n) is 16.1. The summed E-state index contributed by atoms with van der Waals surface area (Å²) in [5.41, 5.74) is 2.30. The van der Waals surface area contributed by atoms with Gasteiger partial charge in [-0.25, -0.2) is 4.98 Å². The molecule has 0 atom stereocenters. The van der Waals surface area contributed by atoms with Gasteiger partial charge in [0.05, 0.1) is 12.1 Å². The molecular weight excluding hydrogens is 382 g/mol. The minimum absolute atomic E-state index is 0.0336. The molecule has 0 spiro atoms. The molecule has 148 valence electrons. The van der Waals surface area contributed by atoms with Crippen LogP contribution in [0.1, 0.15) is 41.6 Å². The number of pyridine rings is 2. The molecule has 1 amide bonds. The Bertz CT molecular complexity index is 1040. The monoisotopic (exact) mass is 405 g/mol. The lowest BCUT2D eigenvalue weighted by Gasteiger charge is -2.12. The van der Waals surface area contributed by atoms with Crippen molar-refractivity contribution in [2.24, 2.45) is 0 Å². The summed E-state index contributed by atoms with van der Waals surface area (Å²) >= 11 is 1.72. The Labute approximate surface area is 174 Å². The third-order valence-electron chi connectivity index (χ3n) is 5.06. The van der Waals surface area contributed by atoms with Gasteiger partial charge in [-0.05, 0) is 48.7 Å². The first-order valence-corrected chi connectivity index (χ1v) is 10.7. The van der Waals surface area contributed by atoms with Gasteiger partial charge in [0.25, 0.3) is 11.5 Å². The van der Waals surface area contributed by atoms with E-state index in [0.717, 1.165) is 16.3 Å². The summed E-state index contributed by atoms with van der Waals surface area (Å²) in [7, 11) is 0. The minimum Gasteiger partial charge on any atom is -0.322 e. The van der Waals surface area contributed by atoms with Gasteiger partial charge in [0.15, 0.2) is 0 Å². The van der Waals surface area contributed by atoms with Crippen molar-refractivity contribution in [3.8, 4) is 0 Å². The van der Waals surface area contributed by atoms with E-state index in [-0.39, 0.29) is 11.5 Å². The molecule has 1 N–H and O–H groups in total. The maximum absolute atomic E-state index is 12.8. The molecule has 0 radical (unpaired) electrons. The maximum atomic E-state index is 12.8. The van der Waals surface area contributed by atoms with Gasteiger partial charge in [-0.2, -0.15) is 0 Å². The molecule has 0 aliphatic heterocycles. The Morgan fingerprint density at radius 1 is 1.07 bits per heavy atom. The number of nitrogens with zero attached hydrogens (tertiary/aromatic N) is 2. The number of thioether (sulfide) groups is 1. The van der Waals surface area contributed by atoms with Gasteiger partial charge in [-0.1, -0.05) is 31.0 Å². The topological polar surface area (TPSA) is 64.0 Å². The number of anilines is 1. The van der Waals surface area contributed by atoms with Gasteiger partial charge >= 0.3 is 0 Å². The first-order valence-electron chi connectivity index (χ1n) is 9.86.